The lowest BCUT2D eigenvalue weighted by Crippen LogP contribution is -2.26. The van der Waals surface area contributed by atoms with Crippen LogP contribution in [0, 0.1) is 5.21 Å². The van der Waals surface area contributed by atoms with Gasteiger partial charge in [0.25, 0.3) is 5.91 Å². The molecule has 0 radical (unpaired) electrons. The number of hydrogen-bond donors (Lipinski definition) is 0. The second kappa shape index (κ2) is 8.38. The number of rotatable bonds is 5. The molecule has 1 amide bonds. The van der Waals surface area contributed by atoms with Crippen LogP contribution < -0.4 is 19.3 Å². The Morgan fingerprint density at radius 2 is 2.06 bits per heavy atom. The molecule has 4 aromatic rings. The van der Waals surface area contributed by atoms with Gasteiger partial charge in [-0.3, -0.25) is 4.79 Å². The highest BCUT2D eigenvalue weighted by Crippen LogP contribution is 2.37. The summed E-state index contributed by atoms with van der Waals surface area (Å²) in [4.78, 5) is 26.0. The van der Waals surface area contributed by atoms with Gasteiger partial charge >= 0.3 is 0 Å². The van der Waals surface area contributed by atoms with Crippen molar-refractivity contribution < 1.29 is 14.3 Å². The summed E-state index contributed by atoms with van der Waals surface area (Å²) in [6.07, 6.45) is 5.51. The molecule has 0 saturated carbocycles. The summed E-state index contributed by atoms with van der Waals surface area (Å²) in [5.41, 5.74) is 2.74. The summed E-state index contributed by atoms with van der Waals surface area (Å²) >= 11 is 0. The van der Waals surface area contributed by atoms with Crippen LogP contribution in [-0.2, 0) is 6.42 Å². The maximum atomic E-state index is 13.3. The number of pyridine rings is 3. The first-order valence-electron chi connectivity index (χ1n) is 10.8. The topological polar surface area (TPSA) is 85.5 Å². The van der Waals surface area contributed by atoms with Gasteiger partial charge in [-0.15, -0.1) is 0 Å². The van der Waals surface area contributed by atoms with Gasteiger partial charge in [0.15, 0.2) is 12.0 Å². The average molecular weight is 453 g/mol. The number of carbonyl (C=O) groups is 1. The Kier molecular flexibility index (Phi) is 5.26. The minimum absolute atomic E-state index is 0.125. The normalized spacial score (nSPS) is 13.0. The molecule has 0 unspecified atom stereocenters. The Morgan fingerprint density at radius 1 is 1.21 bits per heavy atom. The number of amides is 1. The molecule has 8 nitrogen and oxygen atoms in total. The number of benzene rings is 1. The van der Waals surface area contributed by atoms with Gasteiger partial charge in [0.1, 0.15) is 11.6 Å². The second-order valence-electron chi connectivity index (χ2n) is 7.79. The predicted octanol–water partition coefficient (Wildman–Crippen LogP) is 3.63. The molecule has 5 rings (SSSR count). The molecule has 0 fully saturated rings. The minimum atomic E-state index is -0.125. The quantitative estimate of drug-likeness (QED) is 0.339. The molecule has 0 spiro atoms. The first-order valence-corrected chi connectivity index (χ1v) is 10.8. The van der Waals surface area contributed by atoms with Gasteiger partial charge in [-0.25, -0.2) is 9.97 Å². The first-order chi connectivity index (χ1) is 16.1. The van der Waals surface area contributed by atoms with E-state index in [9.17, 15) is 10.0 Å². The third kappa shape index (κ3) is 3.59. The highest BCUT2D eigenvalue weighted by Gasteiger charge is 2.30. The fraction of sp³-hybridized carbons (Fsp3) is 0.200. The number of aromatic nitrogens is 3. The van der Waals surface area contributed by atoms with E-state index < -0.39 is 0 Å². The van der Waals surface area contributed by atoms with Crippen LogP contribution in [0.15, 0.2) is 67.1 Å². The van der Waals surface area contributed by atoms with Crippen molar-refractivity contribution in [3.8, 4) is 5.75 Å². The minimum Gasteiger partial charge on any atom is -0.618 e. The van der Waals surface area contributed by atoms with Crippen molar-refractivity contribution in [1.82, 2.24) is 9.97 Å². The maximum absolute atomic E-state index is 13.3. The van der Waals surface area contributed by atoms with E-state index in [0.717, 1.165) is 21.4 Å². The SMILES string of the molecule is CCN1c2ncc(CCOc3cc[n+]([O-])[14c]4[14cH][14cH][14cH][14cH][14c]34)cc2C(=O)N(C)c2cccnc21. The van der Waals surface area contributed by atoms with E-state index in [-0.39, 0.29) is 5.91 Å². The molecule has 166 valence electrons. The average Bonchev–Trinajstić information content (AvgIpc) is 2.94. The number of hydrogen-bond acceptors (Lipinski definition) is 6. The van der Waals surface area contributed by atoms with E-state index in [0.29, 0.717) is 48.0 Å². The Hall–Kier alpha value is -4.20. The summed E-state index contributed by atoms with van der Waals surface area (Å²) in [5, 5.41) is 12.7. The summed E-state index contributed by atoms with van der Waals surface area (Å²) < 4.78 is 6.82. The van der Waals surface area contributed by atoms with Crippen molar-refractivity contribution in [3.05, 3.63) is 83.5 Å². The van der Waals surface area contributed by atoms with Crippen LogP contribution in [0.25, 0.3) is 10.9 Å². The highest BCUT2D eigenvalue weighted by molar-refractivity contribution is 6.12. The molecule has 0 aliphatic carbocycles. The van der Waals surface area contributed by atoms with Crippen LogP contribution in [0.2, 0.25) is 0 Å². The summed E-state index contributed by atoms with van der Waals surface area (Å²) in [6, 6.07) is 14.6. The third-order valence-electron chi connectivity index (χ3n) is 5.83. The molecule has 8 heteroatoms. The van der Waals surface area contributed by atoms with Crippen molar-refractivity contribution in [1.29, 1.82) is 0 Å². The molecule has 0 N–H and O–H groups in total. The molecule has 33 heavy (non-hydrogen) atoms. The Balaban J connectivity index is 1.41. The van der Waals surface area contributed by atoms with Crippen molar-refractivity contribution >= 4 is 34.1 Å². The van der Waals surface area contributed by atoms with Gasteiger partial charge < -0.3 is 19.7 Å². The Morgan fingerprint density at radius 3 is 2.91 bits per heavy atom. The molecule has 0 saturated heterocycles. The van der Waals surface area contributed by atoms with E-state index in [1.165, 1.54) is 6.20 Å². The standard InChI is InChI=1S/C25H23N5O3/c1-3-29-23-19(25(31)28(2)21-9-6-12-26-24(21)29)15-17(16-27-23)11-14-33-22-10-13-30(32)20-8-5-4-7-18(20)22/h4-10,12-13,15-16H,3,11,14H2,1-2H3/i4+2,5+2,7+2,8+2,18+2,20+2. The van der Waals surface area contributed by atoms with E-state index in [2.05, 4.69) is 9.97 Å². The number of fused-ring (bicyclic) bond motifs is 3. The molecule has 0 atom stereocenters. The highest BCUT2D eigenvalue weighted by atomic mass is 16.5. The zero-order valence-electron chi connectivity index (χ0n) is 18.4. The van der Waals surface area contributed by atoms with Crippen molar-refractivity contribution in [2.45, 2.75) is 13.3 Å². The fourth-order valence-electron chi connectivity index (χ4n) is 4.14. The van der Waals surface area contributed by atoms with Crippen LogP contribution in [0.1, 0.15) is 22.8 Å². The largest absolute Gasteiger partial charge is 0.618 e. The van der Waals surface area contributed by atoms with Gasteiger partial charge in [-0.2, -0.15) is 4.73 Å². The van der Waals surface area contributed by atoms with Gasteiger partial charge in [0, 0.05) is 44.5 Å². The zero-order chi connectivity index (χ0) is 22.9. The fourth-order valence-corrected chi connectivity index (χ4v) is 4.14. The number of para-hydroxylation sites is 1. The van der Waals surface area contributed by atoms with Crippen LogP contribution in [0.5, 0.6) is 5.75 Å². The molecule has 1 aliphatic rings. The predicted molar refractivity (Wildman–Crippen MR) is 126 cm³/mol. The van der Waals surface area contributed by atoms with E-state index in [1.807, 2.05) is 48.2 Å². The molecule has 1 aromatic carbocycles. The first kappa shape index (κ1) is 20.7. The summed E-state index contributed by atoms with van der Waals surface area (Å²) in [6.45, 7) is 3.03. The van der Waals surface area contributed by atoms with E-state index in [1.54, 1.807) is 36.5 Å². The van der Waals surface area contributed by atoms with Crippen LogP contribution in [0.3, 0.4) is 0 Å². The number of anilines is 3. The lowest BCUT2D eigenvalue weighted by molar-refractivity contribution is -0.577. The number of nitrogens with zero attached hydrogens (tertiary/aromatic N) is 5. The molecule has 4 heterocycles. The Bertz CT molecular complexity index is 1360. The zero-order valence-corrected chi connectivity index (χ0v) is 18.4. The van der Waals surface area contributed by atoms with Crippen LogP contribution >= 0.6 is 0 Å². The summed E-state index contributed by atoms with van der Waals surface area (Å²) in [5.74, 6) is 1.84. The summed E-state index contributed by atoms with van der Waals surface area (Å²) in [7, 11) is 1.75. The van der Waals surface area contributed by atoms with Crippen molar-refractivity contribution in [2.75, 3.05) is 30.0 Å². The van der Waals surface area contributed by atoms with Gasteiger partial charge in [-0.1, -0.05) is 12.1 Å². The third-order valence-corrected chi connectivity index (χ3v) is 5.83. The van der Waals surface area contributed by atoms with Crippen molar-refractivity contribution in [2.24, 2.45) is 0 Å². The molecule has 1 aliphatic heterocycles. The van der Waals surface area contributed by atoms with Crippen LogP contribution in [-0.4, -0.2) is 36.1 Å². The lowest BCUT2D eigenvalue weighted by Gasteiger charge is -2.22. The van der Waals surface area contributed by atoms with Crippen LogP contribution in [0.4, 0.5) is 17.3 Å². The van der Waals surface area contributed by atoms with Gasteiger partial charge in [0.2, 0.25) is 5.52 Å². The van der Waals surface area contributed by atoms with Gasteiger partial charge in [0.05, 0.1) is 23.2 Å². The lowest BCUT2D eigenvalue weighted by atomic mass is 10.1. The molecule has 0 bridgehead atoms. The number of ether oxygens (including phenoxy) is 1. The second-order valence-corrected chi connectivity index (χ2v) is 7.79. The van der Waals surface area contributed by atoms with Crippen molar-refractivity contribution in [3.63, 3.8) is 0 Å². The molecular weight excluding hydrogens is 430 g/mol. The molecule has 3 aromatic heterocycles. The Labute approximate surface area is 191 Å². The monoisotopic (exact) mass is 453 g/mol. The molecular formula is C25H23N5O3. The number of carbonyl (C=O) groups excluding carboxylic acids is 1. The van der Waals surface area contributed by atoms with Gasteiger partial charge in [-0.05, 0) is 36.8 Å². The maximum Gasteiger partial charge on any atom is 0.261 e. The van der Waals surface area contributed by atoms with E-state index >= 15 is 0 Å². The van der Waals surface area contributed by atoms with E-state index in [4.69, 9.17) is 4.74 Å². The smallest absolute Gasteiger partial charge is 0.261 e.